The van der Waals surface area contributed by atoms with E-state index < -0.39 is 5.97 Å². The van der Waals surface area contributed by atoms with Gasteiger partial charge < -0.3 is 10.1 Å². The highest BCUT2D eigenvalue weighted by molar-refractivity contribution is 6.02. The molecule has 90 valence electrons. The maximum atomic E-state index is 11.5. The highest BCUT2D eigenvalue weighted by Gasteiger charge is 2.01. The summed E-state index contributed by atoms with van der Waals surface area (Å²) in [6.45, 7) is 3.90. The molecule has 0 aliphatic carbocycles. The molecule has 0 heterocycles. The molecule has 0 aromatic heterocycles. The van der Waals surface area contributed by atoms with Gasteiger partial charge in [-0.1, -0.05) is 18.2 Å². The Morgan fingerprint density at radius 3 is 2.65 bits per heavy atom. The molecular weight excluding hydrogens is 218 g/mol. The molecule has 0 radical (unpaired) electrons. The van der Waals surface area contributed by atoms with Crippen molar-refractivity contribution in [1.82, 2.24) is 0 Å². The second-order valence-electron chi connectivity index (χ2n) is 3.39. The molecule has 0 spiro atoms. The average molecular weight is 233 g/mol. The molecule has 0 aliphatic heterocycles. The zero-order valence-corrected chi connectivity index (χ0v) is 9.90. The molecule has 0 fully saturated rings. The molecule has 0 unspecified atom stereocenters. The molecule has 1 aromatic rings. The van der Waals surface area contributed by atoms with Gasteiger partial charge in [-0.05, 0) is 25.5 Å². The Morgan fingerprint density at radius 1 is 1.29 bits per heavy atom. The highest BCUT2D eigenvalue weighted by atomic mass is 16.5. The van der Waals surface area contributed by atoms with E-state index in [0.717, 1.165) is 23.4 Å². The maximum absolute atomic E-state index is 11.5. The van der Waals surface area contributed by atoms with Crippen molar-refractivity contribution in [3.05, 3.63) is 42.0 Å². The summed E-state index contributed by atoms with van der Waals surface area (Å²) >= 11 is 0. The van der Waals surface area contributed by atoms with E-state index in [2.05, 4.69) is 10.1 Å². The van der Waals surface area contributed by atoms with Crippen LogP contribution in [-0.2, 0) is 14.3 Å². The topological polar surface area (TPSA) is 55.4 Å². The largest absolute Gasteiger partial charge is 0.463 e. The number of hydrogen-bond acceptors (Lipinski definition) is 3. The van der Waals surface area contributed by atoms with Gasteiger partial charge in [0.25, 0.3) is 0 Å². The molecule has 1 N–H and O–H groups in total. The fraction of sp³-hybridized carbons (Fsp3) is 0.231. The van der Waals surface area contributed by atoms with Gasteiger partial charge in [-0.2, -0.15) is 0 Å². The standard InChI is InChI=1S/C13H15NO3/c1-3-17-13(16)9-8-12(15)14-11-7-5-4-6-10(11)2/h4-9H,3H2,1-2H3,(H,14,15)/b9-8-. The summed E-state index contributed by atoms with van der Waals surface area (Å²) in [5.74, 6) is -0.875. The molecule has 1 amide bonds. The lowest BCUT2D eigenvalue weighted by Crippen LogP contribution is -2.10. The van der Waals surface area contributed by atoms with E-state index in [1.165, 1.54) is 0 Å². The van der Waals surface area contributed by atoms with Gasteiger partial charge >= 0.3 is 5.97 Å². The second-order valence-corrected chi connectivity index (χ2v) is 3.39. The van der Waals surface area contributed by atoms with Crippen LogP contribution in [0.3, 0.4) is 0 Å². The van der Waals surface area contributed by atoms with E-state index >= 15 is 0 Å². The van der Waals surface area contributed by atoms with Crippen molar-refractivity contribution in [3.8, 4) is 0 Å². The molecule has 0 aliphatic rings. The van der Waals surface area contributed by atoms with Gasteiger partial charge in [-0.3, -0.25) is 4.79 Å². The third-order valence-corrected chi connectivity index (χ3v) is 2.06. The first kappa shape index (κ1) is 13.0. The Bertz CT molecular complexity index is 438. The number of nitrogens with one attached hydrogen (secondary N) is 1. The molecule has 1 rings (SSSR count). The zero-order chi connectivity index (χ0) is 12.7. The number of amides is 1. The van der Waals surface area contributed by atoms with E-state index in [-0.39, 0.29) is 5.91 Å². The summed E-state index contributed by atoms with van der Waals surface area (Å²) in [6, 6.07) is 7.41. The number of carbonyl (C=O) groups excluding carboxylic acids is 2. The van der Waals surface area contributed by atoms with Crippen LogP contribution in [0.4, 0.5) is 5.69 Å². The van der Waals surface area contributed by atoms with Crippen LogP contribution in [0, 0.1) is 6.92 Å². The Morgan fingerprint density at radius 2 is 2.00 bits per heavy atom. The third kappa shape index (κ3) is 4.51. The minimum Gasteiger partial charge on any atom is -0.463 e. The Balaban J connectivity index is 2.56. The fourth-order valence-corrected chi connectivity index (χ4v) is 1.22. The number of esters is 1. The average Bonchev–Trinajstić information content (AvgIpc) is 2.30. The fourth-order valence-electron chi connectivity index (χ4n) is 1.22. The van der Waals surface area contributed by atoms with Gasteiger partial charge in [-0.25, -0.2) is 4.79 Å². The lowest BCUT2D eigenvalue weighted by Gasteiger charge is -2.04. The molecule has 0 bridgehead atoms. The van der Waals surface area contributed by atoms with Crippen molar-refractivity contribution >= 4 is 17.6 Å². The van der Waals surface area contributed by atoms with E-state index in [1.807, 2.05) is 25.1 Å². The Hall–Kier alpha value is -2.10. The van der Waals surface area contributed by atoms with Gasteiger partial charge in [0.05, 0.1) is 6.61 Å². The second kappa shape index (κ2) is 6.48. The number of benzene rings is 1. The number of anilines is 1. The third-order valence-electron chi connectivity index (χ3n) is 2.06. The lowest BCUT2D eigenvalue weighted by molar-refractivity contribution is -0.137. The molecule has 4 nitrogen and oxygen atoms in total. The van der Waals surface area contributed by atoms with Crippen LogP contribution < -0.4 is 5.32 Å². The highest BCUT2D eigenvalue weighted by Crippen LogP contribution is 2.12. The monoisotopic (exact) mass is 233 g/mol. The quantitative estimate of drug-likeness (QED) is 0.639. The first-order valence-corrected chi connectivity index (χ1v) is 5.35. The summed E-state index contributed by atoms with van der Waals surface area (Å²) in [6.07, 6.45) is 2.27. The Kier molecular flexibility index (Phi) is 4.94. The van der Waals surface area contributed by atoms with Crippen LogP contribution in [-0.4, -0.2) is 18.5 Å². The molecule has 0 saturated heterocycles. The van der Waals surface area contributed by atoms with Crippen LogP contribution in [0.25, 0.3) is 0 Å². The minimum atomic E-state index is -0.521. The van der Waals surface area contributed by atoms with Gasteiger partial charge in [0.2, 0.25) is 5.91 Å². The number of hydrogen-bond donors (Lipinski definition) is 1. The summed E-state index contributed by atoms with van der Waals surface area (Å²) in [5, 5.41) is 2.67. The molecule has 1 aromatic carbocycles. The van der Waals surface area contributed by atoms with Gasteiger partial charge in [0.15, 0.2) is 0 Å². The lowest BCUT2D eigenvalue weighted by atomic mass is 10.2. The van der Waals surface area contributed by atoms with Crippen LogP contribution in [0.15, 0.2) is 36.4 Å². The van der Waals surface area contributed by atoms with Crippen LogP contribution in [0.1, 0.15) is 12.5 Å². The normalized spacial score (nSPS) is 10.2. The van der Waals surface area contributed by atoms with Crippen LogP contribution in [0.2, 0.25) is 0 Å². The van der Waals surface area contributed by atoms with Crippen molar-refractivity contribution in [1.29, 1.82) is 0 Å². The molecule has 17 heavy (non-hydrogen) atoms. The molecule has 0 atom stereocenters. The van der Waals surface area contributed by atoms with E-state index in [4.69, 9.17) is 0 Å². The maximum Gasteiger partial charge on any atom is 0.330 e. The molecule has 4 heteroatoms. The van der Waals surface area contributed by atoms with Crippen LogP contribution >= 0.6 is 0 Å². The number of aryl methyl sites for hydroxylation is 1. The van der Waals surface area contributed by atoms with Crippen molar-refractivity contribution in [2.75, 3.05) is 11.9 Å². The SMILES string of the molecule is CCOC(=O)/C=C\C(=O)Nc1ccccc1C. The molecule has 0 saturated carbocycles. The molecular formula is C13H15NO3. The van der Waals surface area contributed by atoms with Crippen molar-refractivity contribution in [3.63, 3.8) is 0 Å². The number of para-hydroxylation sites is 1. The smallest absolute Gasteiger partial charge is 0.330 e. The van der Waals surface area contributed by atoms with Crippen molar-refractivity contribution in [2.45, 2.75) is 13.8 Å². The summed E-state index contributed by atoms with van der Waals surface area (Å²) < 4.78 is 4.66. The predicted octanol–water partition coefficient (Wildman–Crippen LogP) is 2.05. The summed E-state index contributed by atoms with van der Waals surface area (Å²) in [4.78, 5) is 22.4. The van der Waals surface area contributed by atoms with Crippen LogP contribution in [0.5, 0.6) is 0 Å². The van der Waals surface area contributed by atoms with E-state index in [9.17, 15) is 9.59 Å². The Labute approximate surface area is 100 Å². The van der Waals surface area contributed by atoms with Gasteiger partial charge in [0.1, 0.15) is 0 Å². The number of carbonyl (C=O) groups is 2. The van der Waals surface area contributed by atoms with E-state index in [0.29, 0.717) is 6.61 Å². The van der Waals surface area contributed by atoms with E-state index in [1.54, 1.807) is 13.0 Å². The predicted molar refractivity (Wildman–Crippen MR) is 65.6 cm³/mol. The zero-order valence-electron chi connectivity index (χ0n) is 9.90. The summed E-state index contributed by atoms with van der Waals surface area (Å²) in [7, 11) is 0. The van der Waals surface area contributed by atoms with Gasteiger partial charge in [0, 0.05) is 17.8 Å². The van der Waals surface area contributed by atoms with Gasteiger partial charge in [-0.15, -0.1) is 0 Å². The minimum absolute atomic E-state index is 0.294. The number of rotatable bonds is 4. The first-order chi connectivity index (χ1) is 8.13. The summed E-state index contributed by atoms with van der Waals surface area (Å²) in [5.41, 5.74) is 1.69. The van der Waals surface area contributed by atoms with Crippen molar-refractivity contribution < 1.29 is 14.3 Å². The van der Waals surface area contributed by atoms with Crippen molar-refractivity contribution in [2.24, 2.45) is 0 Å². The number of ether oxygens (including phenoxy) is 1. The first-order valence-electron chi connectivity index (χ1n) is 5.35.